The number of carbonyl (C=O) groups excluding carboxylic acids is 2. The van der Waals surface area contributed by atoms with Gasteiger partial charge in [-0.05, 0) is 12.0 Å². The second-order valence-electron chi connectivity index (χ2n) is 6.49. The Morgan fingerprint density at radius 2 is 2.08 bits per heavy atom. The normalized spacial score (nSPS) is 25.8. The van der Waals surface area contributed by atoms with Gasteiger partial charge in [-0.1, -0.05) is 30.3 Å². The summed E-state index contributed by atoms with van der Waals surface area (Å²) in [6, 6.07) is 9.09. The molecule has 2 aliphatic rings. The van der Waals surface area contributed by atoms with Crippen molar-refractivity contribution in [2.75, 3.05) is 32.8 Å². The van der Waals surface area contributed by atoms with E-state index in [2.05, 4.69) is 10.2 Å². The molecule has 1 aromatic carbocycles. The molecule has 0 aliphatic carbocycles. The van der Waals surface area contributed by atoms with E-state index < -0.39 is 11.6 Å². The van der Waals surface area contributed by atoms with E-state index in [4.69, 9.17) is 10.8 Å². The molecule has 2 atom stereocenters. The Kier molecular flexibility index (Phi) is 4.84. The highest BCUT2D eigenvalue weighted by atomic mass is 16.3. The lowest BCUT2D eigenvalue weighted by Gasteiger charge is -2.47. The van der Waals surface area contributed by atoms with Crippen molar-refractivity contribution in [2.24, 2.45) is 5.73 Å². The summed E-state index contributed by atoms with van der Waals surface area (Å²) in [5.41, 5.74) is 6.10. The Morgan fingerprint density at radius 1 is 1.33 bits per heavy atom. The quantitative estimate of drug-likeness (QED) is 0.651. The average Bonchev–Trinajstić information content (AvgIpc) is 2.97. The van der Waals surface area contributed by atoms with Crippen LogP contribution in [0, 0.1) is 0 Å². The number of hydrogen-bond donors (Lipinski definition) is 3. The largest absolute Gasteiger partial charge is 0.394 e. The summed E-state index contributed by atoms with van der Waals surface area (Å²) in [6.45, 7) is 2.32. The van der Waals surface area contributed by atoms with Gasteiger partial charge in [-0.2, -0.15) is 0 Å². The number of nitrogens with zero attached hydrogens (tertiary/aromatic N) is 2. The van der Waals surface area contributed by atoms with Crippen molar-refractivity contribution in [3.05, 3.63) is 35.9 Å². The Balaban J connectivity index is 1.81. The SMILES string of the molecule is N[C@@H](CO)C(=O)N1CCN(Cc2ccccc2)C2(CCNC2=O)C1. The minimum absolute atomic E-state index is 0.0338. The second-order valence-corrected chi connectivity index (χ2v) is 6.49. The van der Waals surface area contributed by atoms with E-state index in [1.165, 1.54) is 0 Å². The zero-order valence-corrected chi connectivity index (χ0v) is 13.6. The van der Waals surface area contributed by atoms with Crippen LogP contribution < -0.4 is 11.1 Å². The topological polar surface area (TPSA) is 98.9 Å². The molecule has 4 N–H and O–H groups in total. The van der Waals surface area contributed by atoms with E-state index in [1.807, 2.05) is 30.3 Å². The predicted molar refractivity (Wildman–Crippen MR) is 88.9 cm³/mol. The van der Waals surface area contributed by atoms with Crippen LogP contribution in [0.3, 0.4) is 0 Å². The van der Waals surface area contributed by atoms with Crippen molar-refractivity contribution < 1.29 is 14.7 Å². The van der Waals surface area contributed by atoms with Gasteiger partial charge in [0.25, 0.3) is 0 Å². The van der Waals surface area contributed by atoms with Crippen molar-refractivity contribution in [2.45, 2.75) is 24.5 Å². The number of hydrogen-bond acceptors (Lipinski definition) is 5. The summed E-state index contributed by atoms with van der Waals surface area (Å²) < 4.78 is 0. The fourth-order valence-electron chi connectivity index (χ4n) is 3.60. The van der Waals surface area contributed by atoms with Crippen molar-refractivity contribution in [3.8, 4) is 0 Å². The number of nitrogens with one attached hydrogen (secondary N) is 1. The van der Waals surface area contributed by atoms with Crippen LogP contribution in [-0.4, -0.2) is 71.1 Å². The Bertz CT molecular complexity index is 609. The number of amides is 2. The first kappa shape index (κ1) is 16.9. The van der Waals surface area contributed by atoms with Gasteiger partial charge in [0.1, 0.15) is 11.6 Å². The van der Waals surface area contributed by atoms with Gasteiger partial charge >= 0.3 is 0 Å². The molecule has 2 heterocycles. The summed E-state index contributed by atoms with van der Waals surface area (Å²) in [4.78, 5) is 28.7. The number of piperazine rings is 1. The highest BCUT2D eigenvalue weighted by Gasteiger charge is 2.51. The smallest absolute Gasteiger partial charge is 0.242 e. The van der Waals surface area contributed by atoms with Gasteiger partial charge in [0.2, 0.25) is 11.8 Å². The first-order valence-corrected chi connectivity index (χ1v) is 8.29. The average molecular weight is 332 g/mol. The minimum atomic E-state index is -0.924. The van der Waals surface area contributed by atoms with E-state index in [9.17, 15) is 9.59 Å². The van der Waals surface area contributed by atoms with Crippen LogP contribution in [0.15, 0.2) is 30.3 Å². The number of benzene rings is 1. The molecule has 0 radical (unpaired) electrons. The number of nitrogens with two attached hydrogens (primary N) is 1. The molecule has 1 spiro atoms. The summed E-state index contributed by atoms with van der Waals surface area (Å²) in [7, 11) is 0. The predicted octanol–water partition coefficient (Wildman–Crippen LogP) is -1.09. The Morgan fingerprint density at radius 3 is 2.71 bits per heavy atom. The van der Waals surface area contributed by atoms with Gasteiger partial charge in [0, 0.05) is 32.7 Å². The molecule has 2 saturated heterocycles. The van der Waals surface area contributed by atoms with E-state index >= 15 is 0 Å². The molecule has 7 heteroatoms. The molecule has 2 amide bonds. The third-order valence-electron chi connectivity index (χ3n) is 4.99. The molecule has 3 rings (SSSR count). The highest BCUT2D eigenvalue weighted by molar-refractivity contribution is 5.90. The molecule has 0 aromatic heterocycles. The lowest BCUT2D eigenvalue weighted by atomic mass is 9.90. The fourth-order valence-corrected chi connectivity index (χ4v) is 3.60. The maximum absolute atomic E-state index is 12.6. The molecule has 0 bridgehead atoms. The minimum Gasteiger partial charge on any atom is -0.394 e. The van der Waals surface area contributed by atoms with E-state index in [-0.39, 0.29) is 18.4 Å². The van der Waals surface area contributed by atoms with Crippen LogP contribution in [0.4, 0.5) is 0 Å². The molecule has 0 saturated carbocycles. The highest BCUT2D eigenvalue weighted by Crippen LogP contribution is 2.30. The third kappa shape index (κ3) is 3.02. The zero-order chi connectivity index (χ0) is 17.2. The monoisotopic (exact) mass is 332 g/mol. The molecule has 1 unspecified atom stereocenters. The molecule has 7 nitrogen and oxygen atoms in total. The number of aliphatic hydroxyl groups is 1. The number of carbonyl (C=O) groups is 2. The van der Waals surface area contributed by atoms with Crippen LogP contribution in [0.5, 0.6) is 0 Å². The first-order chi connectivity index (χ1) is 11.6. The van der Waals surface area contributed by atoms with Crippen molar-refractivity contribution >= 4 is 11.8 Å². The van der Waals surface area contributed by atoms with Gasteiger partial charge in [0.05, 0.1) is 6.61 Å². The van der Waals surface area contributed by atoms with Crippen molar-refractivity contribution in [1.82, 2.24) is 15.1 Å². The molecular formula is C17H24N4O3. The summed E-state index contributed by atoms with van der Waals surface area (Å²) >= 11 is 0. The van der Waals surface area contributed by atoms with Crippen LogP contribution in [0.25, 0.3) is 0 Å². The van der Waals surface area contributed by atoms with E-state index in [1.54, 1.807) is 4.90 Å². The van der Waals surface area contributed by atoms with E-state index in [0.29, 0.717) is 39.1 Å². The maximum Gasteiger partial charge on any atom is 0.242 e. The zero-order valence-electron chi connectivity index (χ0n) is 13.6. The maximum atomic E-state index is 12.6. The van der Waals surface area contributed by atoms with Gasteiger partial charge < -0.3 is 21.1 Å². The standard InChI is InChI=1S/C17H24N4O3/c18-14(11-22)15(23)20-8-9-21(10-13-4-2-1-3-5-13)17(12-20)6-7-19-16(17)24/h1-5,14,22H,6-12,18H2,(H,19,24)/t14-,17?/m0/s1. The Labute approximate surface area is 141 Å². The van der Waals surface area contributed by atoms with Crippen molar-refractivity contribution in [1.29, 1.82) is 0 Å². The van der Waals surface area contributed by atoms with Crippen LogP contribution in [0.1, 0.15) is 12.0 Å². The second kappa shape index (κ2) is 6.88. The molecular weight excluding hydrogens is 308 g/mol. The van der Waals surface area contributed by atoms with Gasteiger partial charge in [-0.15, -0.1) is 0 Å². The Hall–Kier alpha value is -1.96. The van der Waals surface area contributed by atoms with Gasteiger partial charge in [-0.3, -0.25) is 14.5 Å². The molecule has 2 fully saturated rings. The van der Waals surface area contributed by atoms with Gasteiger partial charge in [-0.25, -0.2) is 0 Å². The molecule has 1 aromatic rings. The summed E-state index contributed by atoms with van der Waals surface area (Å²) in [5, 5.41) is 12.0. The lowest BCUT2D eigenvalue weighted by molar-refractivity contribution is -0.145. The molecule has 24 heavy (non-hydrogen) atoms. The van der Waals surface area contributed by atoms with Crippen molar-refractivity contribution in [3.63, 3.8) is 0 Å². The number of aliphatic hydroxyl groups excluding tert-OH is 1. The van der Waals surface area contributed by atoms with E-state index in [0.717, 1.165) is 5.56 Å². The number of rotatable bonds is 4. The van der Waals surface area contributed by atoms with Crippen LogP contribution in [0.2, 0.25) is 0 Å². The lowest BCUT2D eigenvalue weighted by Crippen LogP contribution is -2.67. The van der Waals surface area contributed by atoms with Gasteiger partial charge in [0.15, 0.2) is 0 Å². The van der Waals surface area contributed by atoms with Crippen LogP contribution in [-0.2, 0) is 16.1 Å². The fraction of sp³-hybridized carbons (Fsp3) is 0.529. The molecule has 2 aliphatic heterocycles. The summed E-state index contributed by atoms with van der Waals surface area (Å²) in [6.07, 6.45) is 0.664. The van der Waals surface area contributed by atoms with Crippen LogP contribution >= 0.6 is 0 Å². The third-order valence-corrected chi connectivity index (χ3v) is 4.99. The first-order valence-electron chi connectivity index (χ1n) is 8.29. The molecule has 130 valence electrons. The summed E-state index contributed by atoms with van der Waals surface area (Å²) in [5.74, 6) is -0.329.